The van der Waals surface area contributed by atoms with E-state index in [9.17, 15) is 0 Å². The minimum absolute atomic E-state index is 0.140. The lowest BCUT2D eigenvalue weighted by Gasteiger charge is -2.44. The van der Waals surface area contributed by atoms with E-state index in [1.165, 1.54) is 5.56 Å². The van der Waals surface area contributed by atoms with Gasteiger partial charge in [-0.05, 0) is 38.0 Å². The number of halogens is 1. The van der Waals surface area contributed by atoms with Crippen molar-refractivity contribution in [3.05, 3.63) is 34.9 Å². The third kappa shape index (κ3) is 3.48. The van der Waals surface area contributed by atoms with Gasteiger partial charge in [-0.15, -0.1) is 0 Å². The van der Waals surface area contributed by atoms with Gasteiger partial charge >= 0.3 is 0 Å². The van der Waals surface area contributed by atoms with Gasteiger partial charge in [-0.25, -0.2) is 0 Å². The van der Waals surface area contributed by atoms with Crippen LogP contribution in [0.4, 0.5) is 0 Å². The Morgan fingerprint density at radius 3 is 2.89 bits per heavy atom. The molecule has 1 aliphatic rings. The summed E-state index contributed by atoms with van der Waals surface area (Å²) in [5, 5.41) is 4.36. The Kier molecular flexibility index (Phi) is 5.22. The highest BCUT2D eigenvalue weighted by molar-refractivity contribution is 6.30. The second-order valence-electron chi connectivity index (χ2n) is 4.98. The topological polar surface area (TPSA) is 30.5 Å². The van der Waals surface area contributed by atoms with Crippen LogP contribution in [0.15, 0.2) is 24.3 Å². The third-order valence-corrected chi connectivity index (χ3v) is 3.95. The molecule has 0 spiro atoms. The first-order valence-corrected chi connectivity index (χ1v) is 7.19. The highest BCUT2D eigenvalue weighted by Crippen LogP contribution is 2.29. The van der Waals surface area contributed by atoms with Gasteiger partial charge in [-0.2, -0.15) is 0 Å². The molecule has 3 unspecified atom stereocenters. The fourth-order valence-electron chi connectivity index (χ4n) is 2.63. The molecule has 0 aliphatic heterocycles. The van der Waals surface area contributed by atoms with E-state index in [0.717, 1.165) is 18.1 Å². The highest BCUT2D eigenvalue weighted by atomic mass is 35.5. The molecule has 1 fully saturated rings. The summed E-state index contributed by atoms with van der Waals surface area (Å²) >= 11 is 6.02. The zero-order valence-electron chi connectivity index (χ0n) is 11.7. The Morgan fingerprint density at radius 1 is 1.47 bits per heavy atom. The van der Waals surface area contributed by atoms with E-state index in [-0.39, 0.29) is 18.2 Å². The van der Waals surface area contributed by atoms with Gasteiger partial charge in [0, 0.05) is 30.8 Å². The van der Waals surface area contributed by atoms with Gasteiger partial charge < -0.3 is 14.8 Å². The van der Waals surface area contributed by atoms with Gasteiger partial charge in [-0.3, -0.25) is 0 Å². The van der Waals surface area contributed by atoms with E-state index >= 15 is 0 Å². The summed E-state index contributed by atoms with van der Waals surface area (Å²) < 4.78 is 11.1. The molecule has 0 heterocycles. The molecule has 1 N–H and O–H groups in total. The number of hydrogen-bond donors (Lipinski definition) is 1. The van der Waals surface area contributed by atoms with Crippen LogP contribution in [0.1, 0.15) is 31.9 Å². The predicted molar refractivity (Wildman–Crippen MR) is 77.6 cm³/mol. The number of ether oxygens (including phenoxy) is 2. The van der Waals surface area contributed by atoms with Crippen molar-refractivity contribution in [1.29, 1.82) is 0 Å². The maximum atomic E-state index is 6.02. The Bertz CT molecular complexity index is 413. The standard InChI is InChI=1S/C15H22ClNO2/c1-4-19-14-9-13(15(14)18-3)17-10(2)11-6-5-7-12(16)8-11/h5-8,10,13-15,17H,4,9H2,1-3H3/t10-,13?,14?,15?/m0/s1. The molecule has 2 rings (SSSR count). The van der Waals surface area contributed by atoms with Crippen LogP contribution in [0.25, 0.3) is 0 Å². The molecule has 4 heteroatoms. The molecule has 1 aromatic rings. The van der Waals surface area contributed by atoms with Crippen molar-refractivity contribution in [2.45, 2.75) is 44.6 Å². The van der Waals surface area contributed by atoms with Crippen molar-refractivity contribution in [2.24, 2.45) is 0 Å². The predicted octanol–water partition coefficient (Wildman–Crippen LogP) is 3.18. The molecule has 4 atom stereocenters. The summed E-state index contributed by atoms with van der Waals surface area (Å²) in [7, 11) is 1.74. The fraction of sp³-hybridized carbons (Fsp3) is 0.600. The lowest BCUT2D eigenvalue weighted by molar-refractivity contribution is -0.133. The molecule has 1 aromatic carbocycles. The van der Waals surface area contributed by atoms with Gasteiger partial charge in [0.15, 0.2) is 0 Å². The number of methoxy groups -OCH3 is 1. The van der Waals surface area contributed by atoms with Crippen LogP contribution in [0.5, 0.6) is 0 Å². The minimum atomic E-state index is 0.140. The van der Waals surface area contributed by atoms with Gasteiger partial charge in [0.25, 0.3) is 0 Å². The molecule has 106 valence electrons. The lowest BCUT2D eigenvalue weighted by Crippen LogP contribution is -2.60. The summed E-state index contributed by atoms with van der Waals surface area (Å²) in [6, 6.07) is 8.56. The van der Waals surface area contributed by atoms with Gasteiger partial charge in [0.2, 0.25) is 0 Å². The largest absolute Gasteiger partial charge is 0.377 e. The van der Waals surface area contributed by atoms with Crippen molar-refractivity contribution in [3.8, 4) is 0 Å². The number of benzene rings is 1. The van der Waals surface area contributed by atoms with Crippen molar-refractivity contribution in [3.63, 3.8) is 0 Å². The molecule has 0 amide bonds. The maximum Gasteiger partial charge on any atom is 0.0987 e. The van der Waals surface area contributed by atoms with Crippen LogP contribution < -0.4 is 5.32 Å². The quantitative estimate of drug-likeness (QED) is 0.870. The van der Waals surface area contributed by atoms with E-state index in [1.807, 2.05) is 25.1 Å². The van der Waals surface area contributed by atoms with Crippen LogP contribution in [0.3, 0.4) is 0 Å². The van der Waals surface area contributed by atoms with Gasteiger partial charge in [-0.1, -0.05) is 23.7 Å². The first-order valence-electron chi connectivity index (χ1n) is 6.81. The summed E-state index contributed by atoms with van der Waals surface area (Å²) in [6.07, 6.45) is 1.36. The van der Waals surface area contributed by atoms with E-state index in [2.05, 4.69) is 18.3 Å². The van der Waals surface area contributed by atoms with Crippen molar-refractivity contribution in [2.75, 3.05) is 13.7 Å². The molecule has 0 bridgehead atoms. The lowest BCUT2D eigenvalue weighted by atomic mass is 9.84. The molecule has 3 nitrogen and oxygen atoms in total. The molecular formula is C15H22ClNO2. The monoisotopic (exact) mass is 283 g/mol. The van der Waals surface area contributed by atoms with Crippen molar-refractivity contribution < 1.29 is 9.47 Å². The third-order valence-electron chi connectivity index (χ3n) is 3.71. The highest BCUT2D eigenvalue weighted by Gasteiger charge is 2.42. The first-order chi connectivity index (χ1) is 9.15. The smallest absolute Gasteiger partial charge is 0.0987 e. The fourth-order valence-corrected chi connectivity index (χ4v) is 2.83. The second kappa shape index (κ2) is 6.71. The maximum absolute atomic E-state index is 6.02. The molecule has 0 saturated heterocycles. The van der Waals surface area contributed by atoms with Crippen LogP contribution in [-0.4, -0.2) is 32.0 Å². The Hall–Kier alpha value is -0.610. The van der Waals surface area contributed by atoms with Crippen molar-refractivity contribution >= 4 is 11.6 Å². The Labute approximate surface area is 120 Å². The molecule has 19 heavy (non-hydrogen) atoms. The van der Waals surface area contributed by atoms with Crippen molar-refractivity contribution in [1.82, 2.24) is 5.32 Å². The average Bonchev–Trinajstić information content (AvgIpc) is 2.37. The number of rotatable bonds is 6. The average molecular weight is 284 g/mol. The van der Waals surface area contributed by atoms with Crippen LogP contribution in [-0.2, 0) is 9.47 Å². The first kappa shape index (κ1) is 14.8. The van der Waals surface area contributed by atoms with Crippen LogP contribution >= 0.6 is 11.6 Å². The van der Waals surface area contributed by atoms with E-state index in [4.69, 9.17) is 21.1 Å². The molecular weight excluding hydrogens is 262 g/mol. The van der Waals surface area contributed by atoms with Gasteiger partial charge in [0.05, 0.1) is 12.2 Å². The van der Waals surface area contributed by atoms with Crippen LogP contribution in [0.2, 0.25) is 5.02 Å². The number of hydrogen-bond acceptors (Lipinski definition) is 3. The Balaban J connectivity index is 1.91. The Morgan fingerprint density at radius 2 is 2.26 bits per heavy atom. The minimum Gasteiger partial charge on any atom is -0.377 e. The summed E-state index contributed by atoms with van der Waals surface area (Å²) in [5.74, 6) is 0. The van der Waals surface area contributed by atoms with E-state index < -0.39 is 0 Å². The van der Waals surface area contributed by atoms with E-state index in [0.29, 0.717) is 6.04 Å². The zero-order valence-corrected chi connectivity index (χ0v) is 12.5. The van der Waals surface area contributed by atoms with Gasteiger partial charge in [0.1, 0.15) is 0 Å². The summed E-state index contributed by atoms with van der Waals surface area (Å²) in [6.45, 7) is 4.90. The second-order valence-corrected chi connectivity index (χ2v) is 5.42. The normalized spacial score (nSPS) is 27.9. The molecule has 0 aromatic heterocycles. The SMILES string of the molecule is CCOC1CC(N[C@@H](C)c2cccc(Cl)c2)C1OC. The zero-order chi connectivity index (χ0) is 13.8. The molecule has 0 radical (unpaired) electrons. The molecule has 1 aliphatic carbocycles. The summed E-state index contributed by atoms with van der Waals surface area (Å²) in [4.78, 5) is 0. The summed E-state index contributed by atoms with van der Waals surface area (Å²) in [5.41, 5.74) is 1.20. The van der Waals surface area contributed by atoms with E-state index in [1.54, 1.807) is 7.11 Å². The van der Waals surface area contributed by atoms with Crippen LogP contribution in [0, 0.1) is 0 Å². The molecule has 1 saturated carbocycles. The number of nitrogens with one attached hydrogen (secondary N) is 1.